The fourth-order valence-electron chi connectivity index (χ4n) is 4.27. The Kier molecular flexibility index (Phi) is 8.47. The van der Waals surface area contributed by atoms with Gasteiger partial charge in [0.2, 0.25) is 11.8 Å². The van der Waals surface area contributed by atoms with Crippen LogP contribution in [0.15, 0.2) is 42.5 Å². The van der Waals surface area contributed by atoms with Crippen molar-refractivity contribution in [3.05, 3.63) is 48.0 Å². The Bertz CT molecular complexity index is 872. The molecule has 1 fully saturated rings. The van der Waals surface area contributed by atoms with Gasteiger partial charge >= 0.3 is 0 Å². The minimum absolute atomic E-state index is 0.0326. The molecule has 0 aromatic heterocycles. The van der Waals surface area contributed by atoms with Gasteiger partial charge in [-0.25, -0.2) is 0 Å². The first-order valence-electron chi connectivity index (χ1n) is 11.8. The highest BCUT2D eigenvalue weighted by molar-refractivity contribution is 5.89. The van der Waals surface area contributed by atoms with Crippen molar-refractivity contribution < 1.29 is 9.59 Å². The van der Waals surface area contributed by atoms with Crippen LogP contribution in [0.25, 0.3) is 10.8 Å². The van der Waals surface area contributed by atoms with Gasteiger partial charge in [0.1, 0.15) is 6.04 Å². The first kappa shape index (κ1) is 23.3. The molecule has 1 unspecified atom stereocenters. The molecule has 1 atom stereocenters. The Morgan fingerprint density at radius 1 is 1.06 bits per heavy atom. The standard InChI is InChI=1S/C26H37N3O2/c1-4-5-14-29-15-12-23(13-16-29)27-26(31)25(19(2)3)28-24(30)18-20-10-11-21-8-6-7-9-22(21)17-20/h6-11,17,19,23,25H,4-5,12-16,18H2,1-3H3,(H,27,31)(H,28,30). The highest BCUT2D eigenvalue weighted by Crippen LogP contribution is 2.16. The number of hydrogen-bond acceptors (Lipinski definition) is 3. The van der Waals surface area contributed by atoms with E-state index in [0.717, 1.165) is 48.8 Å². The average molecular weight is 424 g/mol. The van der Waals surface area contributed by atoms with Crippen LogP contribution in [0.5, 0.6) is 0 Å². The SMILES string of the molecule is CCCCN1CCC(NC(=O)C(NC(=O)Cc2ccc3ccccc3c2)C(C)C)CC1. The lowest BCUT2D eigenvalue weighted by molar-refractivity contribution is -0.130. The van der Waals surface area contributed by atoms with Crippen LogP contribution in [0.1, 0.15) is 52.0 Å². The van der Waals surface area contributed by atoms with Gasteiger partial charge in [-0.3, -0.25) is 9.59 Å². The van der Waals surface area contributed by atoms with Gasteiger partial charge in [-0.15, -0.1) is 0 Å². The van der Waals surface area contributed by atoms with E-state index in [1.807, 2.05) is 44.2 Å². The molecule has 5 heteroatoms. The van der Waals surface area contributed by atoms with Crippen molar-refractivity contribution in [3.8, 4) is 0 Å². The third-order valence-electron chi connectivity index (χ3n) is 6.21. The summed E-state index contributed by atoms with van der Waals surface area (Å²) in [4.78, 5) is 28.1. The third kappa shape index (κ3) is 6.79. The number of likely N-dealkylation sites (tertiary alicyclic amines) is 1. The fourth-order valence-corrected chi connectivity index (χ4v) is 4.27. The Labute approximate surface area is 186 Å². The smallest absolute Gasteiger partial charge is 0.243 e. The summed E-state index contributed by atoms with van der Waals surface area (Å²) >= 11 is 0. The second-order valence-corrected chi connectivity index (χ2v) is 9.13. The molecule has 0 bridgehead atoms. The van der Waals surface area contributed by atoms with E-state index >= 15 is 0 Å². The Morgan fingerprint density at radius 3 is 2.45 bits per heavy atom. The number of carbonyl (C=O) groups is 2. The summed E-state index contributed by atoms with van der Waals surface area (Å²) in [5.74, 6) is -0.141. The lowest BCUT2D eigenvalue weighted by Crippen LogP contribution is -2.54. The predicted molar refractivity (Wildman–Crippen MR) is 127 cm³/mol. The second kappa shape index (κ2) is 11.3. The van der Waals surface area contributed by atoms with E-state index in [2.05, 4.69) is 34.6 Å². The van der Waals surface area contributed by atoms with Gasteiger partial charge in [-0.2, -0.15) is 0 Å². The molecule has 2 amide bonds. The average Bonchev–Trinajstić information content (AvgIpc) is 2.76. The van der Waals surface area contributed by atoms with E-state index in [0.29, 0.717) is 0 Å². The summed E-state index contributed by atoms with van der Waals surface area (Å²) in [5, 5.41) is 8.45. The fraction of sp³-hybridized carbons (Fsp3) is 0.538. The molecule has 2 aromatic carbocycles. The van der Waals surface area contributed by atoms with Crippen LogP contribution in [0.4, 0.5) is 0 Å². The highest BCUT2D eigenvalue weighted by atomic mass is 16.2. The molecular weight excluding hydrogens is 386 g/mol. The molecule has 168 valence electrons. The molecule has 1 aliphatic rings. The van der Waals surface area contributed by atoms with Crippen LogP contribution in [-0.4, -0.2) is 48.4 Å². The molecule has 31 heavy (non-hydrogen) atoms. The quantitative estimate of drug-likeness (QED) is 0.643. The summed E-state index contributed by atoms with van der Waals surface area (Å²) in [6, 6.07) is 13.9. The number of unbranched alkanes of at least 4 members (excludes halogenated alkanes) is 1. The first-order chi connectivity index (χ1) is 15.0. The minimum atomic E-state index is -0.508. The van der Waals surface area contributed by atoms with Gasteiger partial charge in [0.05, 0.1) is 6.42 Å². The highest BCUT2D eigenvalue weighted by Gasteiger charge is 2.27. The van der Waals surface area contributed by atoms with Crippen LogP contribution < -0.4 is 10.6 Å². The number of fused-ring (bicyclic) bond motifs is 1. The maximum absolute atomic E-state index is 12.9. The molecule has 5 nitrogen and oxygen atoms in total. The summed E-state index contributed by atoms with van der Waals surface area (Å²) in [6.07, 6.45) is 4.68. The zero-order chi connectivity index (χ0) is 22.2. The maximum atomic E-state index is 12.9. The summed E-state index contributed by atoms with van der Waals surface area (Å²) in [5.41, 5.74) is 0.957. The number of nitrogens with one attached hydrogen (secondary N) is 2. The van der Waals surface area contributed by atoms with E-state index in [1.54, 1.807) is 0 Å². The molecule has 0 saturated carbocycles. The van der Waals surface area contributed by atoms with Gasteiger partial charge in [-0.05, 0) is 48.1 Å². The largest absolute Gasteiger partial charge is 0.351 e. The van der Waals surface area contributed by atoms with Crippen molar-refractivity contribution in [1.29, 1.82) is 0 Å². The van der Waals surface area contributed by atoms with Crippen LogP contribution in [0.3, 0.4) is 0 Å². The van der Waals surface area contributed by atoms with Crippen LogP contribution in [0, 0.1) is 5.92 Å². The normalized spacial score (nSPS) is 16.4. The molecule has 0 spiro atoms. The zero-order valence-electron chi connectivity index (χ0n) is 19.2. The van der Waals surface area contributed by atoms with Crippen molar-refractivity contribution in [2.24, 2.45) is 5.92 Å². The number of piperidine rings is 1. The van der Waals surface area contributed by atoms with Crippen molar-refractivity contribution in [2.75, 3.05) is 19.6 Å². The lowest BCUT2D eigenvalue weighted by Gasteiger charge is -2.33. The molecular formula is C26H37N3O2. The lowest BCUT2D eigenvalue weighted by atomic mass is 9.99. The van der Waals surface area contributed by atoms with Gasteiger partial charge in [0, 0.05) is 19.1 Å². The van der Waals surface area contributed by atoms with E-state index in [-0.39, 0.29) is 30.2 Å². The predicted octanol–water partition coefficient (Wildman–Crippen LogP) is 3.90. The van der Waals surface area contributed by atoms with Crippen molar-refractivity contribution in [1.82, 2.24) is 15.5 Å². The zero-order valence-corrected chi connectivity index (χ0v) is 19.2. The minimum Gasteiger partial charge on any atom is -0.351 e. The maximum Gasteiger partial charge on any atom is 0.243 e. The number of amides is 2. The molecule has 0 radical (unpaired) electrons. The summed E-state index contributed by atoms with van der Waals surface area (Å²) < 4.78 is 0. The van der Waals surface area contributed by atoms with Crippen molar-refractivity contribution in [2.45, 2.75) is 65.0 Å². The molecule has 2 aromatic rings. The molecule has 1 heterocycles. The molecule has 1 saturated heterocycles. The Morgan fingerprint density at radius 2 is 1.77 bits per heavy atom. The van der Waals surface area contributed by atoms with Crippen LogP contribution in [0.2, 0.25) is 0 Å². The number of nitrogens with zero attached hydrogens (tertiary/aromatic N) is 1. The van der Waals surface area contributed by atoms with Gasteiger partial charge in [-0.1, -0.05) is 69.7 Å². The van der Waals surface area contributed by atoms with Crippen LogP contribution >= 0.6 is 0 Å². The van der Waals surface area contributed by atoms with Crippen LogP contribution in [-0.2, 0) is 16.0 Å². The molecule has 3 rings (SSSR count). The summed E-state index contributed by atoms with van der Waals surface area (Å²) in [6.45, 7) is 9.39. The molecule has 2 N–H and O–H groups in total. The van der Waals surface area contributed by atoms with E-state index < -0.39 is 6.04 Å². The molecule has 0 aliphatic carbocycles. The molecule has 1 aliphatic heterocycles. The third-order valence-corrected chi connectivity index (χ3v) is 6.21. The van der Waals surface area contributed by atoms with Gasteiger partial charge in [0.25, 0.3) is 0 Å². The van der Waals surface area contributed by atoms with Crippen molar-refractivity contribution >= 4 is 22.6 Å². The van der Waals surface area contributed by atoms with E-state index in [4.69, 9.17) is 0 Å². The van der Waals surface area contributed by atoms with E-state index in [9.17, 15) is 9.59 Å². The van der Waals surface area contributed by atoms with Gasteiger partial charge < -0.3 is 15.5 Å². The number of benzene rings is 2. The number of hydrogen-bond donors (Lipinski definition) is 2. The van der Waals surface area contributed by atoms with Gasteiger partial charge in [0.15, 0.2) is 0 Å². The van der Waals surface area contributed by atoms with Crippen molar-refractivity contribution in [3.63, 3.8) is 0 Å². The summed E-state index contributed by atoms with van der Waals surface area (Å²) in [7, 11) is 0. The Hall–Kier alpha value is -2.40. The second-order valence-electron chi connectivity index (χ2n) is 9.13. The number of rotatable bonds is 9. The first-order valence-corrected chi connectivity index (χ1v) is 11.8. The van der Waals surface area contributed by atoms with E-state index in [1.165, 1.54) is 12.8 Å². The monoisotopic (exact) mass is 423 g/mol. The topological polar surface area (TPSA) is 61.4 Å². The number of carbonyl (C=O) groups excluding carboxylic acids is 2. The Balaban J connectivity index is 1.52.